The summed E-state index contributed by atoms with van der Waals surface area (Å²) in [5, 5.41) is 0. The molecule has 0 aliphatic rings. The molecule has 0 amide bonds. The van der Waals surface area contributed by atoms with Gasteiger partial charge in [-0.25, -0.2) is 0 Å². The largest absolute Gasteiger partial charge is 0.493 e. The number of carbonyl (C=O) groups is 1. The maximum Gasteiger partial charge on any atom is 0.174 e. The van der Waals surface area contributed by atoms with Crippen LogP contribution in [-0.4, -0.2) is 26.3 Å². The van der Waals surface area contributed by atoms with Crippen molar-refractivity contribution in [3.8, 4) is 11.5 Å². The van der Waals surface area contributed by atoms with E-state index in [-0.39, 0.29) is 5.78 Å². The molecular formula is C12H16O3S. The van der Waals surface area contributed by atoms with Crippen molar-refractivity contribution >= 4 is 17.5 Å². The summed E-state index contributed by atoms with van der Waals surface area (Å²) in [6.45, 7) is 1.56. The third-order valence-electron chi connectivity index (χ3n) is 2.23. The maximum atomic E-state index is 11.1. The summed E-state index contributed by atoms with van der Waals surface area (Å²) in [6, 6.07) is 3.86. The van der Waals surface area contributed by atoms with Gasteiger partial charge >= 0.3 is 0 Å². The molecule has 0 unspecified atom stereocenters. The highest BCUT2D eigenvalue weighted by Crippen LogP contribution is 2.39. The number of hydrogen-bond donors (Lipinski definition) is 0. The molecule has 4 heteroatoms. The zero-order chi connectivity index (χ0) is 12.1. The summed E-state index contributed by atoms with van der Waals surface area (Å²) >= 11 is 1.59. The molecule has 0 N–H and O–H groups in total. The lowest BCUT2D eigenvalue weighted by Crippen LogP contribution is -2.02. The zero-order valence-electron chi connectivity index (χ0n) is 9.99. The Kier molecular flexibility index (Phi) is 4.68. The number of thioether (sulfide) groups is 1. The molecule has 0 aliphatic heterocycles. The third-order valence-corrected chi connectivity index (χ3v) is 2.99. The van der Waals surface area contributed by atoms with E-state index in [1.54, 1.807) is 32.9 Å². The molecule has 0 aliphatic carbocycles. The average Bonchev–Trinajstić information content (AvgIpc) is 2.27. The van der Waals surface area contributed by atoms with E-state index in [1.807, 2.05) is 18.4 Å². The molecule has 0 saturated carbocycles. The van der Waals surface area contributed by atoms with Gasteiger partial charge in [0.2, 0.25) is 0 Å². The summed E-state index contributed by atoms with van der Waals surface area (Å²) in [4.78, 5) is 12.1. The summed E-state index contributed by atoms with van der Waals surface area (Å²) in [6.07, 6.45) is 2.34. The lowest BCUT2D eigenvalue weighted by Gasteiger charge is -2.14. The van der Waals surface area contributed by atoms with Gasteiger partial charge in [-0.1, -0.05) is 6.07 Å². The summed E-state index contributed by atoms with van der Waals surface area (Å²) in [5.74, 6) is 1.47. The smallest absolute Gasteiger partial charge is 0.174 e. The van der Waals surface area contributed by atoms with E-state index >= 15 is 0 Å². The van der Waals surface area contributed by atoms with E-state index < -0.39 is 0 Å². The first kappa shape index (κ1) is 12.9. The second-order valence-electron chi connectivity index (χ2n) is 3.37. The van der Waals surface area contributed by atoms with Gasteiger partial charge in [0.05, 0.1) is 19.1 Å². The lowest BCUT2D eigenvalue weighted by molar-refractivity contribution is -0.116. The van der Waals surface area contributed by atoms with Gasteiger partial charge in [-0.3, -0.25) is 4.79 Å². The van der Waals surface area contributed by atoms with Crippen LogP contribution in [0.5, 0.6) is 11.5 Å². The molecule has 0 spiro atoms. The average molecular weight is 240 g/mol. The molecule has 0 radical (unpaired) electrons. The van der Waals surface area contributed by atoms with Crippen LogP contribution in [0, 0.1) is 0 Å². The quantitative estimate of drug-likeness (QED) is 0.741. The molecular weight excluding hydrogens is 224 g/mol. The van der Waals surface area contributed by atoms with Crippen molar-refractivity contribution in [3.63, 3.8) is 0 Å². The van der Waals surface area contributed by atoms with Crippen molar-refractivity contribution in [1.82, 2.24) is 0 Å². The Balaban J connectivity index is 3.25. The molecule has 3 nitrogen and oxygen atoms in total. The van der Waals surface area contributed by atoms with Gasteiger partial charge in [-0.05, 0) is 19.2 Å². The SMILES string of the molecule is COc1c(CC(C)=O)ccc(SC)c1OC. The van der Waals surface area contributed by atoms with Crippen LogP contribution in [0.25, 0.3) is 0 Å². The highest BCUT2D eigenvalue weighted by Gasteiger charge is 2.15. The van der Waals surface area contributed by atoms with E-state index in [0.717, 1.165) is 10.5 Å². The zero-order valence-corrected chi connectivity index (χ0v) is 10.8. The Hall–Kier alpha value is -1.16. The van der Waals surface area contributed by atoms with Gasteiger partial charge in [0, 0.05) is 12.0 Å². The van der Waals surface area contributed by atoms with E-state index in [2.05, 4.69) is 0 Å². The third kappa shape index (κ3) is 2.70. The van der Waals surface area contributed by atoms with Crippen molar-refractivity contribution in [2.45, 2.75) is 18.2 Å². The topological polar surface area (TPSA) is 35.5 Å². The highest BCUT2D eigenvalue weighted by molar-refractivity contribution is 7.98. The van der Waals surface area contributed by atoms with Crippen LogP contribution in [0.2, 0.25) is 0 Å². The predicted molar refractivity (Wildman–Crippen MR) is 65.7 cm³/mol. The fourth-order valence-corrected chi connectivity index (χ4v) is 2.14. The monoisotopic (exact) mass is 240 g/mol. The molecule has 1 rings (SSSR count). The highest BCUT2D eigenvalue weighted by atomic mass is 32.2. The maximum absolute atomic E-state index is 11.1. The first-order chi connectivity index (χ1) is 7.63. The molecule has 0 heterocycles. The second kappa shape index (κ2) is 5.80. The number of Topliss-reactive ketones (excluding diaryl/α,β-unsaturated/α-hetero) is 1. The second-order valence-corrected chi connectivity index (χ2v) is 4.22. The fraction of sp³-hybridized carbons (Fsp3) is 0.417. The fourth-order valence-electron chi connectivity index (χ4n) is 1.57. The van der Waals surface area contributed by atoms with Crippen molar-refractivity contribution < 1.29 is 14.3 Å². The molecule has 0 bridgehead atoms. The predicted octanol–water partition coefficient (Wildman–Crippen LogP) is 2.56. The number of ketones is 1. The number of carbonyl (C=O) groups excluding carboxylic acids is 1. The summed E-state index contributed by atoms with van der Waals surface area (Å²) in [5.41, 5.74) is 0.865. The number of benzene rings is 1. The van der Waals surface area contributed by atoms with Gasteiger partial charge < -0.3 is 9.47 Å². The van der Waals surface area contributed by atoms with E-state index in [4.69, 9.17) is 9.47 Å². The van der Waals surface area contributed by atoms with Crippen LogP contribution in [0.4, 0.5) is 0 Å². The molecule has 0 aromatic heterocycles. The van der Waals surface area contributed by atoms with Crippen LogP contribution < -0.4 is 9.47 Å². The standard InChI is InChI=1S/C12H16O3S/c1-8(13)7-9-5-6-10(16-4)12(15-3)11(9)14-2/h5-6H,7H2,1-4H3. The minimum atomic E-state index is 0.109. The lowest BCUT2D eigenvalue weighted by atomic mass is 10.1. The van der Waals surface area contributed by atoms with Crippen LogP contribution in [-0.2, 0) is 11.2 Å². The van der Waals surface area contributed by atoms with E-state index in [9.17, 15) is 4.79 Å². The van der Waals surface area contributed by atoms with Crippen LogP contribution >= 0.6 is 11.8 Å². The Bertz CT molecular complexity index is 388. The van der Waals surface area contributed by atoms with Crippen LogP contribution in [0.3, 0.4) is 0 Å². The Morgan fingerprint density at radius 2 is 1.88 bits per heavy atom. The first-order valence-corrected chi connectivity index (χ1v) is 6.13. The normalized spacial score (nSPS) is 10.0. The Labute approximate surface area is 100 Å². The molecule has 88 valence electrons. The molecule has 16 heavy (non-hydrogen) atoms. The Morgan fingerprint density at radius 1 is 1.25 bits per heavy atom. The molecule has 0 atom stereocenters. The minimum Gasteiger partial charge on any atom is -0.493 e. The van der Waals surface area contributed by atoms with Crippen molar-refractivity contribution in [3.05, 3.63) is 17.7 Å². The molecule has 1 aromatic carbocycles. The summed E-state index contributed by atoms with van der Waals surface area (Å²) in [7, 11) is 3.20. The minimum absolute atomic E-state index is 0.109. The van der Waals surface area contributed by atoms with E-state index in [1.165, 1.54) is 0 Å². The summed E-state index contributed by atoms with van der Waals surface area (Å²) < 4.78 is 10.6. The Morgan fingerprint density at radius 3 is 2.31 bits per heavy atom. The van der Waals surface area contributed by atoms with Crippen LogP contribution in [0.1, 0.15) is 12.5 Å². The van der Waals surface area contributed by atoms with Gasteiger partial charge in [0.1, 0.15) is 5.78 Å². The van der Waals surface area contributed by atoms with E-state index in [0.29, 0.717) is 17.9 Å². The van der Waals surface area contributed by atoms with Crippen LogP contribution in [0.15, 0.2) is 17.0 Å². The van der Waals surface area contributed by atoms with Crippen molar-refractivity contribution in [2.24, 2.45) is 0 Å². The first-order valence-electron chi connectivity index (χ1n) is 4.91. The molecule has 0 saturated heterocycles. The number of hydrogen-bond acceptors (Lipinski definition) is 4. The van der Waals surface area contributed by atoms with Gasteiger partial charge in [-0.2, -0.15) is 0 Å². The van der Waals surface area contributed by atoms with Gasteiger partial charge in [0.25, 0.3) is 0 Å². The van der Waals surface area contributed by atoms with Crippen molar-refractivity contribution in [2.75, 3.05) is 20.5 Å². The van der Waals surface area contributed by atoms with Gasteiger partial charge in [0.15, 0.2) is 11.5 Å². The molecule has 0 fully saturated rings. The van der Waals surface area contributed by atoms with Crippen molar-refractivity contribution in [1.29, 1.82) is 0 Å². The number of ether oxygens (including phenoxy) is 2. The number of methoxy groups -OCH3 is 2. The molecule has 1 aromatic rings. The number of rotatable bonds is 5. The van der Waals surface area contributed by atoms with Gasteiger partial charge in [-0.15, -0.1) is 11.8 Å².